The van der Waals surface area contributed by atoms with Gasteiger partial charge in [-0.15, -0.1) is 0 Å². The van der Waals surface area contributed by atoms with Gasteiger partial charge in [0.25, 0.3) is 0 Å². The molecule has 2 unspecified atom stereocenters. The maximum atomic E-state index is 5.82. The van der Waals surface area contributed by atoms with Gasteiger partial charge in [-0.05, 0) is 37.9 Å². The van der Waals surface area contributed by atoms with Gasteiger partial charge < -0.3 is 10.1 Å². The number of nitrogens with zero attached hydrogens (tertiary/aromatic N) is 1. The summed E-state index contributed by atoms with van der Waals surface area (Å²) in [6.45, 7) is 12.9. The molecule has 0 spiro atoms. The summed E-state index contributed by atoms with van der Waals surface area (Å²) < 4.78 is 5.82. The molecule has 0 amide bonds. The molecule has 0 saturated carbocycles. The lowest BCUT2D eigenvalue weighted by atomic mass is 10.0. The molecule has 3 heteroatoms. The van der Waals surface area contributed by atoms with Crippen molar-refractivity contribution in [1.82, 2.24) is 10.2 Å². The summed E-state index contributed by atoms with van der Waals surface area (Å²) in [7, 11) is 0. The summed E-state index contributed by atoms with van der Waals surface area (Å²) in [6, 6.07) is 9.40. The van der Waals surface area contributed by atoms with Gasteiger partial charge in [0.1, 0.15) is 0 Å². The molecule has 1 saturated heterocycles. The van der Waals surface area contributed by atoms with Crippen LogP contribution in [0.3, 0.4) is 0 Å². The van der Waals surface area contributed by atoms with E-state index in [1.54, 1.807) is 0 Å². The van der Waals surface area contributed by atoms with Crippen LogP contribution in [0.15, 0.2) is 24.3 Å². The van der Waals surface area contributed by atoms with Crippen LogP contribution in [0.4, 0.5) is 0 Å². The van der Waals surface area contributed by atoms with Crippen LogP contribution >= 0.6 is 0 Å². The summed E-state index contributed by atoms with van der Waals surface area (Å²) in [5.41, 5.74) is 2.93. The van der Waals surface area contributed by atoms with Crippen molar-refractivity contribution < 1.29 is 4.74 Å². The minimum Gasteiger partial charge on any atom is -0.373 e. The SMILES string of the molecule is CC(C)NCCc1ccccc1CN1CC(C)OC(C)C1. The summed E-state index contributed by atoms with van der Waals surface area (Å²) in [4.78, 5) is 2.52. The zero-order valence-corrected chi connectivity index (χ0v) is 13.9. The summed E-state index contributed by atoms with van der Waals surface area (Å²) in [5.74, 6) is 0. The molecule has 2 atom stereocenters. The zero-order chi connectivity index (χ0) is 15.2. The molecular weight excluding hydrogens is 260 g/mol. The van der Waals surface area contributed by atoms with Gasteiger partial charge in [-0.25, -0.2) is 0 Å². The van der Waals surface area contributed by atoms with Crippen LogP contribution in [-0.2, 0) is 17.7 Å². The molecule has 0 aromatic heterocycles. The van der Waals surface area contributed by atoms with E-state index < -0.39 is 0 Å². The summed E-state index contributed by atoms with van der Waals surface area (Å²) >= 11 is 0. The average Bonchev–Trinajstić information content (AvgIpc) is 2.39. The molecule has 1 N–H and O–H groups in total. The highest BCUT2D eigenvalue weighted by Gasteiger charge is 2.22. The summed E-state index contributed by atoms with van der Waals surface area (Å²) in [6.07, 6.45) is 1.77. The monoisotopic (exact) mass is 290 g/mol. The molecule has 1 aliphatic rings. The minimum absolute atomic E-state index is 0.337. The van der Waals surface area contributed by atoms with Crippen LogP contribution in [0.5, 0.6) is 0 Å². The van der Waals surface area contributed by atoms with Crippen molar-refractivity contribution in [3.8, 4) is 0 Å². The van der Waals surface area contributed by atoms with E-state index in [9.17, 15) is 0 Å². The molecule has 0 aliphatic carbocycles. The standard InChI is InChI=1S/C18H30N2O/c1-14(2)19-10-9-17-7-5-6-8-18(17)13-20-11-15(3)21-16(4)12-20/h5-8,14-16,19H,9-13H2,1-4H3. The Balaban J connectivity index is 1.95. The van der Waals surface area contributed by atoms with Crippen LogP contribution < -0.4 is 5.32 Å². The van der Waals surface area contributed by atoms with Crippen molar-refractivity contribution in [3.05, 3.63) is 35.4 Å². The zero-order valence-electron chi connectivity index (χ0n) is 13.9. The van der Waals surface area contributed by atoms with Gasteiger partial charge in [0, 0.05) is 25.7 Å². The van der Waals surface area contributed by atoms with Crippen LogP contribution in [0.1, 0.15) is 38.8 Å². The van der Waals surface area contributed by atoms with Crippen LogP contribution in [0.25, 0.3) is 0 Å². The fourth-order valence-electron chi connectivity index (χ4n) is 3.11. The number of benzene rings is 1. The smallest absolute Gasteiger partial charge is 0.0678 e. The molecular formula is C18H30N2O. The first kappa shape index (κ1) is 16.5. The second kappa shape index (κ2) is 7.92. The number of nitrogens with one attached hydrogen (secondary N) is 1. The number of hydrogen-bond donors (Lipinski definition) is 1. The molecule has 1 fully saturated rings. The Kier molecular flexibility index (Phi) is 6.22. The lowest BCUT2D eigenvalue weighted by molar-refractivity contribution is -0.0705. The fourth-order valence-corrected chi connectivity index (χ4v) is 3.11. The molecule has 3 nitrogen and oxygen atoms in total. The Bertz CT molecular complexity index is 423. The molecule has 0 bridgehead atoms. The van der Waals surface area contributed by atoms with Gasteiger partial charge in [-0.1, -0.05) is 38.1 Å². The average molecular weight is 290 g/mol. The first-order chi connectivity index (χ1) is 10.0. The van der Waals surface area contributed by atoms with Crippen molar-refractivity contribution in [1.29, 1.82) is 0 Å². The number of morpholine rings is 1. The van der Waals surface area contributed by atoms with E-state index in [0.29, 0.717) is 18.2 Å². The summed E-state index contributed by atoms with van der Waals surface area (Å²) in [5, 5.41) is 3.51. The second-order valence-electron chi connectivity index (χ2n) is 6.58. The predicted octanol–water partition coefficient (Wildman–Crippen LogP) is 2.84. The molecule has 1 aliphatic heterocycles. The molecule has 1 aromatic rings. The quantitative estimate of drug-likeness (QED) is 0.872. The lowest BCUT2D eigenvalue weighted by Crippen LogP contribution is -2.44. The topological polar surface area (TPSA) is 24.5 Å². The molecule has 1 heterocycles. The van der Waals surface area contributed by atoms with Gasteiger partial charge >= 0.3 is 0 Å². The molecule has 1 aromatic carbocycles. The normalized spacial score (nSPS) is 23.7. The minimum atomic E-state index is 0.337. The van der Waals surface area contributed by atoms with E-state index in [1.165, 1.54) is 11.1 Å². The first-order valence-electron chi connectivity index (χ1n) is 8.22. The highest BCUT2D eigenvalue weighted by molar-refractivity contribution is 5.27. The van der Waals surface area contributed by atoms with Crippen LogP contribution in [0, 0.1) is 0 Å². The number of hydrogen-bond acceptors (Lipinski definition) is 3. The predicted molar refractivity (Wildman–Crippen MR) is 88.6 cm³/mol. The van der Waals surface area contributed by atoms with E-state index in [2.05, 4.69) is 62.2 Å². The fraction of sp³-hybridized carbons (Fsp3) is 0.667. The second-order valence-corrected chi connectivity index (χ2v) is 6.58. The van der Waals surface area contributed by atoms with Crippen molar-refractivity contribution in [2.24, 2.45) is 0 Å². The Hall–Kier alpha value is -0.900. The Labute approximate surface area is 129 Å². The third-order valence-corrected chi connectivity index (χ3v) is 3.95. The maximum absolute atomic E-state index is 5.82. The number of ether oxygens (including phenoxy) is 1. The van der Waals surface area contributed by atoms with Gasteiger partial charge in [0.15, 0.2) is 0 Å². The lowest BCUT2D eigenvalue weighted by Gasteiger charge is -2.35. The molecule has 21 heavy (non-hydrogen) atoms. The van der Waals surface area contributed by atoms with Gasteiger partial charge in [-0.3, -0.25) is 4.90 Å². The highest BCUT2D eigenvalue weighted by Crippen LogP contribution is 2.17. The van der Waals surface area contributed by atoms with Crippen molar-refractivity contribution in [2.75, 3.05) is 19.6 Å². The largest absolute Gasteiger partial charge is 0.373 e. The van der Waals surface area contributed by atoms with Gasteiger partial charge in [0.05, 0.1) is 12.2 Å². The van der Waals surface area contributed by atoms with E-state index in [1.807, 2.05) is 0 Å². The van der Waals surface area contributed by atoms with Crippen molar-refractivity contribution >= 4 is 0 Å². The van der Waals surface area contributed by atoms with E-state index in [-0.39, 0.29) is 0 Å². The first-order valence-corrected chi connectivity index (χ1v) is 8.22. The molecule has 118 valence electrons. The van der Waals surface area contributed by atoms with E-state index >= 15 is 0 Å². The Morgan fingerprint density at radius 2 is 1.76 bits per heavy atom. The van der Waals surface area contributed by atoms with Crippen molar-refractivity contribution in [2.45, 2.75) is 58.9 Å². The van der Waals surface area contributed by atoms with Crippen molar-refractivity contribution in [3.63, 3.8) is 0 Å². The van der Waals surface area contributed by atoms with E-state index in [0.717, 1.165) is 32.6 Å². The van der Waals surface area contributed by atoms with Gasteiger partial charge in [-0.2, -0.15) is 0 Å². The Morgan fingerprint density at radius 3 is 2.38 bits per heavy atom. The molecule has 0 radical (unpaired) electrons. The number of rotatable bonds is 6. The third-order valence-electron chi connectivity index (χ3n) is 3.95. The maximum Gasteiger partial charge on any atom is 0.0678 e. The van der Waals surface area contributed by atoms with Crippen LogP contribution in [0.2, 0.25) is 0 Å². The van der Waals surface area contributed by atoms with Gasteiger partial charge in [0.2, 0.25) is 0 Å². The Morgan fingerprint density at radius 1 is 1.14 bits per heavy atom. The van der Waals surface area contributed by atoms with E-state index in [4.69, 9.17) is 4.74 Å². The molecule has 2 rings (SSSR count). The third kappa shape index (κ3) is 5.42. The van der Waals surface area contributed by atoms with Crippen LogP contribution in [-0.4, -0.2) is 42.8 Å². The highest BCUT2D eigenvalue weighted by atomic mass is 16.5.